The molecule has 0 radical (unpaired) electrons. The maximum atomic E-state index is 12.6. The van der Waals surface area contributed by atoms with Crippen LogP contribution in [0.1, 0.15) is 40.0 Å². The van der Waals surface area contributed by atoms with Crippen LogP contribution in [0.4, 0.5) is 0 Å². The van der Waals surface area contributed by atoms with Gasteiger partial charge in [0, 0.05) is 18.9 Å². The fourth-order valence-corrected chi connectivity index (χ4v) is 4.35. The lowest BCUT2D eigenvalue weighted by molar-refractivity contribution is -0.134. The molecule has 2 amide bonds. The van der Waals surface area contributed by atoms with Gasteiger partial charge in [-0.25, -0.2) is 4.79 Å². The molecular weight excluding hydrogens is 346 g/mol. The minimum atomic E-state index is -1.40. The van der Waals surface area contributed by atoms with Crippen molar-refractivity contribution in [3.8, 4) is 0 Å². The third-order valence-corrected chi connectivity index (χ3v) is 5.61. The quantitative estimate of drug-likeness (QED) is 0.553. The molecule has 9 heteroatoms. The average Bonchev–Trinajstić information content (AvgIpc) is 2.81. The first kappa shape index (κ1) is 19.5. The van der Waals surface area contributed by atoms with Crippen LogP contribution in [0.15, 0.2) is 11.6 Å². The highest BCUT2D eigenvalue weighted by molar-refractivity contribution is 8.16. The predicted octanol–water partition coefficient (Wildman–Crippen LogP) is 1.02. The summed E-state index contributed by atoms with van der Waals surface area (Å²) >= 11 is 0.902. The minimum Gasteiger partial charge on any atom is -0.478 e. The van der Waals surface area contributed by atoms with Crippen LogP contribution in [-0.4, -0.2) is 51.1 Å². The van der Waals surface area contributed by atoms with Crippen LogP contribution in [0.3, 0.4) is 0 Å². The van der Waals surface area contributed by atoms with Crippen LogP contribution >= 0.6 is 11.8 Å². The molecule has 1 fully saturated rings. The standard InChI is InChI=1S/C16H23N3O5S/c1-4-10(5-2)24-11-6-9(13(21)22)7-16(12(11)18-8(3)20)14(23)19-15(17)25-16/h7,10-12H,4-6H2,1-3H3,(H,18,20)(H,21,22)(H2,17,19,23)/t11-,12+,16+/m1/s1. The van der Waals surface area contributed by atoms with Crippen LogP contribution in [0.2, 0.25) is 0 Å². The Bertz CT molecular complexity index is 631. The van der Waals surface area contributed by atoms with E-state index in [1.54, 1.807) is 0 Å². The number of hydrogen-bond acceptors (Lipinski definition) is 6. The van der Waals surface area contributed by atoms with E-state index in [-0.39, 0.29) is 29.2 Å². The Labute approximate surface area is 150 Å². The normalized spacial score (nSPS) is 28.9. The summed E-state index contributed by atoms with van der Waals surface area (Å²) in [5.74, 6) is -2.00. The van der Waals surface area contributed by atoms with Gasteiger partial charge in [-0.15, -0.1) is 0 Å². The van der Waals surface area contributed by atoms with E-state index in [4.69, 9.17) is 10.1 Å². The molecule has 2 rings (SSSR count). The second kappa shape index (κ2) is 7.57. The van der Waals surface area contributed by atoms with E-state index in [2.05, 4.69) is 10.6 Å². The Morgan fingerprint density at radius 2 is 2.16 bits per heavy atom. The summed E-state index contributed by atoms with van der Waals surface area (Å²) in [6.45, 7) is 5.25. The van der Waals surface area contributed by atoms with E-state index in [1.165, 1.54) is 13.0 Å². The molecule has 0 unspecified atom stereocenters. The number of nitrogens with one attached hydrogen (secondary N) is 3. The van der Waals surface area contributed by atoms with E-state index >= 15 is 0 Å². The van der Waals surface area contributed by atoms with Crippen molar-refractivity contribution in [2.45, 2.75) is 63.0 Å². The SMILES string of the molecule is CCC(CC)O[C@@H]1CC(C(=O)O)=C[C@]2(SC(=N)NC2=O)[C@H]1NC(C)=O. The van der Waals surface area contributed by atoms with Crippen molar-refractivity contribution < 1.29 is 24.2 Å². The Morgan fingerprint density at radius 1 is 1.52 bits per heavy atom. The molecule has 1 aliphatic carbocycles. The molecule has 0 bridgehead atoms. The van der Waals surface area contributed by atoms with Gasteiger partial charge in [-0.2, -0.15) is 0 Å². The first-order chi connectivity index (χ1) is 11.7. The fourth-order valence-electron chi connectivity index (χ4n) is 3.18. The van der Waals surface area contributed by atoms with Gasteiger partial charge in [-0.1, -0.05) is 25.6 Å². The number of thioether (sulfide) groups is 1. The summed E-state index contributed by atoms with van der Waals surface area (Å²) in [6, 6.07) is -0.762. The van der Waals surface area contributed by atoms with Crippen molar-refractivity contribution in [2.75, 3.05) is 0 Å². The van der Waals surface area contributed by atoms with Crippen molar-refractivity contribution in [1.29, 1.82) is 5.41 Å². The van der Waals surface area contributed by atoms with Gasteiger partial charge < -0.3 is 20.5 Å². The van der Waals surface area contributed by atoms with E-state index in [0.29, 0.717) is 0 Å². The number of aliphatic carboxylic acids is 1. The van der Waals surface area contributed by atoms with Gasteiger partial charge >= 0.3 is 5.97 Å². The third kappa shape index (κ3) is 3.87. The van der Waals surface area contributed by atoms with Crippen molar-refractivity contribution in [3.05, 3.63) is 11.6 Å². The second-order valence-corrected chi connectivity index (χ2v) is 7.44. The van der Waals surface area contributed by atoms with Gasteiger partial charge in [0.15, 0.2) is 5.17 Å². The molecule has 2 aliphatic rings. The molecule has 1 aliphatic heterocycles. The summed E-state index contributed by atoms with van der Waals surface area (Å²) < 4.78 is 4.67. The molecule has 0 aromatic heterocycles. The van der Waals surface area contributed by atoms with Crippen LogP contribution in [0.5, 0.6) is 0 Å². The van der Waals surface area contributed by atoms with E-state index in [0.717, 1.165) is 24.6 Å². The number of carbonyl (C=O) groups excluding carboxylic acids is 2. The van der Waals surface area contributed by atoms with Gasteiger partial charge in [-0.3, -0.25) is 15.0 Å². The number of carboxylic acid groups (broad SMARTS) is 1. The number of amidine groups is 1. The summed E-state index contributed by atoms with van der Waals surface area (Å²) in [4.78, 5) is 35.9. The summed E-state index contributed by atoms with van der Waals surface area (Å²) in [6.07, 6.45) is 2.11. The van der Waals surface area contributed by atoms with Gasteiger partial charge in [-0.05, 0) is 18.9 Å². The summed E-state index contributed by atoms with van der Waals surface area (Å²) in [7, 11) is 0. The van der Waals surface area contributed by atoms with Gasteiger partial charge in [0.25, 0.3) is 0 Å². The van der Waals surface area contributed by atoms with Crippen molar-refractivity contribution in [3.63, 3.8) is 0 Å². The highest BCUT2D eigenvalue weighted by Gasteiger charge is 2.57. The Hall–Kier alpha value is -1.87. The van der Waals surface area contributed by atoms with Gasteiger partial charge in [0.1, 0.15) is 4.75 Å². The van der Waals surface area contributed by atoms with Crippen molar-refractivity contribution in [2.24, 2.45) is 0 Å². The second-order valence-electron chi connectivity index (χ2n) is 6.15. The van der Waals surface area contributed by atoms with E-state index in [9.17, 15) is 19.5 Å². The van der Waals surface area contributed by atoms with Gasteiger partial charge in [0.05, 0.1) is 18.2 Å². The molecule has 8 nitrogen and oxygen atoms in total. The van der Waals surface area contributed by atoms with E-state index in [1.807, 2.05) is 13.8 Å². The minimum absolute atomic E-state index is 0.0508. The molecule has 0 saturated carbocycles. The summed E-state index contributed by atoms with van der Waals surface area (Å²) in [5, 5.41) is 22.3. The molecule has 1 saturated heterocycles. The van der Waals surface area contributed by atoms with Crippen LogP contribution in [0.25, 0.3) is 0 Å². The Balaban J connectivity index is 2.50. The largest absolute Gasteiger partial charge is 0.478 e. The molecule has 3 atom stereocenters. The highest BCUT2D eigenvalue weighted by Crippen LogP contribution is 2.43. The fraction of sp³-hybridized carbons (Fsp3) is 0.625. The topological polar surface area (TPSA) is 129 Å². The summed E-state index contributed by atoms with van der Waals surface area (Å²) in [5.41, 5.74) is 0.0508. The van der Waals surface area contributed by atoms with Crippen molar-refractivity contribution >= 4 is 34.7 Å². The maximum absolute atomic E-state index is 12.6. The Morgan fingerprint density at radius 3 is 2.60 bits per heavy atom. The number of carboxylic acids is 1. The molecule has 1 spiro atoms. The third-order valence-electron chi connectivity index (χ3n) is 4.41. The van der Waals surface area contributed by atoms with Crippen LogP contribution < -0.4 is 10.6 Å². The number of carbonyl (C=O) groups is 3. The maximum Gasteiger partial charge on any atom is 0.331 e. The molecule has 138 valence electrons. The monoisotopic (exact) mass is 369 g/mol. The number of hydrogen-bond donors (Lipinski definition) is 4. The molecular formula is C16H23N3O5S. The molecule has 1 heterocycles. The number of amides is 2. The lowest BCUT2D eigenvalue weighted by Gasteiger charge is -2.42. The lowest BCUT2D eigenvalue weighted by Crippen LogP contribution is -2.62. The van der Waals surface area contributed by atoms with Crippen LogP contribution in [-0.2, 0) is 19.1 Å². The van der Waals surface area contributed by atoms with Crippen molar-refractivity contribution in [1.82, 2.24) is 10.6 Å². The van der Waals surface area contributed by atoms with Gasteiger partial charge in [0.2, 0.25) is 11.8 Å². The zero-order chi connectivity index (χ0) is 18.8. The Kier molecular flexibility index (Phi) is 5.89. The molecule has 25 heavy (non-hydrogen) atoms. The molecule has 0 aromatic rings. The number of rotatable bonds is 6. The smallest absolute Gasteiger partial charge is 0.331 e. The molecule has 0 aromatic carbocycles. The molecule has 4 N–H and O–H groups in total. The van der Waals surface area contributed by atoms with Crippen LogP contribution in [0, 0.1) is 5.41 Å². The zero-order valence-corrected chi connectivity index (χ0v) is 15.2. The van der Waals surface area contributed by atoms with E-state index < -0.39 is 28.8 Å². The number of ether oxygens (including phenoxy) is 1. The highest BCUT2D eigenvalue weighted by atomic mass is 32.2. The zero-order valence-electron chi connectivity index (χ0n) is 14.4. The lowest BCUT2D eigenvalue weighted by atomic mass is 9.81. The average molecular weight is 369 g/mol. The first-order valence-corrected chi connectivity index (χ1v) is 9.01. The first-order valence-electron chi connectivity index (χ1n) is 8.20. The predicted molar refractivity (Wildman–Crippen MR) is 93.4 cm³/mol.